The quantitative estimate of drug-likeness (QED) is 0.214. The van der Waals surface area contributed by atoms with Crippen molar-refractivity contribution in [3.05, 3.63) is 95.8 Å². The topological polar surface area (TPSA) is 129 Å². The van der Waals surface area contributed by atoms with Crippen LogP contribution in [-0.4, -0.2) is 32.9 Å². The highest BCUT2D eigenvalue weighted by Crippen LogP contribution is 2.60. The van der Waals surface area contributed by atoms with Crippen LogP contribution in [0.2, 0.25) is 0 Å². The standard InChI is InChI=1S/C35H31N5O2/c36-18-23-11-8-22(19-39-23)26-5-3-7-32-33(26)28-4-1-2-6-31(28)40(32)24-12-15-27(34(38)42)29(16-24)35(20-37)17-30(35)21-9-13-25(41)14-10-21/h1-8,11-12,15-16,19-21,25,30,37,41H,9-10,13-14,17H2,(H2,38,42). The Morgan fingerprint density at radius 1 is 1.05 bits per heavy atom. The second-order valence-electron chi connectivity index (χ2n) is 11.8. The summed E-state index contributed by atoms with van der Waals surface area (Å²) in [5.41, 5.74) is 11.9. The zero-order valence-electron chi connectivity index (χ0n) is 23.1. The Balaban J connectivity index is 1.41. The Kier molecular flexibility index (Phi) is 6.18. The first-order valence-electron chi connectivity index (χ1n) is 14.5. The maximum Gasteiger partial charge on any atom is 0.249 e. The van der Waals surface area contributed by atoms with Gasteiger partial charge in [0.15, 0.2) is 0 Å². The second-order valence-corrected chi connectivity index (χ2v) is 11.8. The molecule has 7 rings (SSSR count). The number of para-hydroxylation sites is 1. The van der Waals surface area contributed by atoms with Crippen molar-refractivity contribution in [1.29, 1.82) is 10.7 Å². The molecule has 42 heavy (non-hydrogen) atoms. The SMILES string of the molecule is N#Cc1ccc(-c2cccc3c2c2ccccc2n3-c2ccc(C(N)=O)c(C3(C=N)CC3C3CCC(O)CC3)c2)cn1. The maximum absolute atomic E-state index is 12.7. The van der Waals surface area contributed by atoms with Crippen molar-refractivity contribution in [2.24, 2.45) is 17.6 Å². The second kappa shape index (κ2) is 9.93. The van der Waals surface area contributed by atoms with Crippen LogP contribution in [0.1, 0.15) is 53.7 Å². The number of carbonyl (C=O) groups is 1. The number of fused-ring (bicyclic) bond motifs is 3. The van der Waals surface area contributed by atoms with Gasteiger partial charge in [-0.05, 0) is 97.5 Å². The Labute approximate surface area is 243 Å². The third-order valence-corrected chi connectivity index (χ3v) is 9.54. The van der Waals surface area contributed by atoms with E-state index in [1.807, 2.05) is 36.4 Å². The van der Waals surface area contributed by atoms with Crippen LogP contribution in [0, 0.1) is 28.6 Å². The molecule has 0 radical (unpaired) electrons. The van der Waals surface area contributed by atoms with E-state index in [4.69, 9.17) is 11.1 Å². The number of aliphatic hydroxyl groups excluding tert-OH is 1. The number of nitrogens with zero attached hydrogens (tertiary/aromatic N) is 3. The van der Waals surface area contributed by atoms with Crippen LogP contribution >= 0.6 is 0 Å². The van der Waals surface area contributed by atoms with Crippen LogP contribution < -0.4 is 5.73 Å². The summed E-state index contributed by atoms with van der Waals surface area (Å²) >= 11 is 0. The van der Waals surface area contributed by atoms with Gasteiger partial charge in [-0.1, -0.05) is 30.3 Å². The minimum absolute atomic E-state index is 0.237. The number of carbonyl (C=O) groups excluding carboxylic acids is 1. The molecule has 5 aromatic rings. The maximum atomic E-state index is 12.7. The summed E-state index contributed by atoms with van der Waals surface area (Å²) in [6, 6.07) is 26.0. The highest BCUT2D eigenvalue weighted by molar-refractivity contribution is 6.15. The third kappa shape index (κ3) is 4.02. The average molecular weight is 554 g/mol. The Hall–Kier alpha value is -4.80. The van der Waals surface area contributed by atoms with E-state index in [2.05, 4.69) is 46.0 Å². The molecule has 4 N–H and O–H groups in total. The lowest BCUT2D eigenvalue weighted by molar-refractivity contribution is 0.0998. The van der Waals surface area contributed by atoms with Crippen LogP contribution in [0.15, 0.2) is 79.0 Å². The average Bonchev–Trinajstić information content (AvgIpc) is 3.68. The molecule has 208 valence electrons. The van der Waals surface area contributed by atoms with Gasteiger partial charge in [-0.15, -0.1) is 0 Å². The molecular formula is C35H31N5O2. The highest BCUT2D eigenvalue weighted by Gasteiger charge is 2.58. The van der Waals surface area contributed by atoms with E-state index in [0.717, 1.165) is 76.3 Å². The number of hydrogen-bond acceptors (Lipinski definition) is 5. The van der Waals surface area contributed by atoms with E-state index in [-0.39, 0.29) is 12.0 Å². The van der Waals surface area contributed by atoms with E-state index >= 15 is 0 Å². The number of rotatable bonds is 6. The number of nitriles is 1. The summed E-state index contributed by atoms with van der Waals surface area (Å²) in [7, 11) is 0. The number of hydrogen-bond donors (Lipinski definition) is 3. The smallest absolute Gasteiger partial charge is 0.249 e. The molecule has 2 aromatic heterocycles. The van der Waals surface area contributed by atoms with Crippen LogP contribution in [0.4, 0.5) is 0 Å². The molecule has 2 fully saturated rings. The zero-order chi connectivity index (χ0) is 29.0. The lowest BCUT2D eigenvalue weighted by atomic mass is 9.79. The van der Waals surface area contributed by atoms with Crippen LogP contribution in [0.5, 0.6) is 0 Å². The molecule has 0 saturated heterocycles. The third-order valence-electron chi connectivity index (χ3n) is 9.54. The van der Waals surface area contributed by atoms with Crippen molar-refractivity contribution in [2.45, 2.75) is 43.6 Å². The van der Waals surface area contributed by atoms with E-state index in [1.165, 1.54) is 6.21 Å². The van der Waals surface area contributed by atoms with E-state index < -0.39 is 11.3 Å². The van der Waals surface area contributed by atoms with Gasteiger partial charge in [0.2, 0.25) is 5.91 Å². The number of aliphatic hydroxyl groups is 1. The Bertz CT molecular complexity index is 1910. The summed E-state index contributed by atoms with van der Waals surface area (Å²) in [4.78, 5) is 17.0. The largest absolute Gasteiger partial charge is 0.393 e. The predicted molar refractivity (Wildman–Crippen MR) is 164 cm³/mol. The van der Waals surface area contributed by atoms with Crippen molar-refractivity contribution in [1.82, 2.24) is 9.55 Å². The molecule has 7 nitrogen and oxygen atoms in total. The fourth-order valence-corrected chi connectivity index (χ4v) is 7.38. The summed E-state index contributed by atoms with van der Waals surface area (Å²) in [5.74, 6) is 0.181. The van der Waals surface area contributed by atoms with Crippen LogP contribution in [0.25, 0.3) is 38.6 Å². The number of primary amides is 1. The summed E-state index contributed by atoms with van der Waals surface area (Å²) < 4.78 is 2.21. The first-order valence-corrected chi connectivity index (χ1v) is 14.5. The van der Waals surface area contributed by atoms with Gasteiger partial charge in [-0.2, -0.15) is 5.26 Å². The molecule has 2 heterocycles. The van der Waals surface area contributed by atoms with Gasteiger partial charge in [0.25, 0.3) is 0 Å². The van der Waals surface area contributed by atoms with Crippen LogP contribution in [-0.2, 0) is 5.41 Å². The molecule has 2 unspecified atom stereocenters. The summed E-state index contributed by atoms with van der Waals surface area (Å²) in [5, 5.41) is 30.0. The molecule has 0 spiro atoms. The van der Waals surface area contributed by atoms with Gasteiger partial charge < -0.3 is 20.8 Å². The van der Waals surface area contributed by atoms with Crippen molar-refractivity contribution in [3.63, 3.8) is 0 Å². The number of pyridine rings is 1. The molecule has 0 bridgehead atoms. The van der Waals surface area contributed by atoms with Crippen LogP contribution in [0.3, 0.4) is 0 Å². The Morgan fingerprint density at radius 3 is 2.55 bits per heavy atom. The monoisotopic (exact) mass is 553 g/mol. The first kappa shape index (κ1) is 26.1. The minimum Gasteiger partial charge on any atom is -0.393 e. The molecule has 0 aliphatic heterocycles. The molecule has 2 aliphatic carbocycles. The van der Waals surface area contributed by atoms with Gasteiger partial charge in [-0.3, -0.25) is 4.79 Å². The fraction of sp³-hybridized carbons (Fsp3) is 0.257. The molecule has 7 heteroatoms. The number of nitrogens with two attached hydrogens (primary N) is 1. The van der Waals surface area contributed by atoms with Crippen molar-refractivity contribution in [2.75, 3.05) is 0 Å². The normalized spacial score (nSPS) is 23.5. The van der Waals surface area contributed by atoms with Crippen molar-refractivity contribution >= 4 is 33.9 Å². The van der Waals surface area contributed by atoms with Crippen molar-refractivity contribution < 1.29 is 9.90 Å². The molecule has 2 saturated carbocycles. The van der Waals surface area contributed by atoms with Gasteiger partial charge in [0.05, 0.1) is 17.1 Å². The van der Waals surface area contributed by atoms with Gasteiger partial charge >= 0.3 is 0 Å². The van der Waals surface area contributed by atoms with E-state index in [1.54, 1.807) is 12.3 Å². The van der Waals surface area contributed by atoms with E-state index in [0.29, 0.717) is 17.2 Å². The lowest BCUT2D eigenvalue weighted by Crippen LogP contribution is -2.26. The van der Waals surface area contributed by atoms with Gasteiger partial charge in [0, 0.05) is 45.4 Å². The first-order chi connectivity index (χ1) is 20.4. The molecule has 2 atom stereocenters. The molecule has 3 aromatic carbocycles. The van der Waals surface area contributed by atoms with Gasteiger partial charge in [0.1, 0.15) is 11.8 Å². The van der Waals surface area contributed by atoms with E-state index in [9.17, 15) is 15.2 Å². The number of amides is 1. The molecular weight excluding hydrogens is 522 g/mol. The fourth-order valence-electron chi connectivity index (χ4n) is 7.38. The predicted octanol–water partition coefficient (Wildman–Crippen LogP) is 6.27. The summed E-state index contributed by atoms with van der Waals surface area (Å²) in [6.07, 6.45) is 7.29. The zero-order valence-corrected chi connectivity index (χ0v) is 23.1. The van der Waals surface area contributed by atoms with Crippen molar-refractivity contribution in [3.8, 4) is 22.9 Å². The highest BCUT2D eigenvalue weighted by atomic mass is 16.3. The number of benzene rings is 3. The Morgan fingerprint density at radius 2 is 1.83 bits per heavy atom. The minimum atomic E-state index is -0.536. The lowest BCUT2D eigenvalue weighted by Gasteiger charge is -2.28. The summed E-state index contributed by atoms with van der Waals surface area (Å²) in [6.45, 7) is 0. The van der Waals surface area contributed by atoms with Gasteiger partial charge in [-0.25, -0.2) is 4.98 Å². The number of nitrogens with one attached hydrogen (secondary N) is 1. The number of aromatic nitrogens is 2. The molecule has 1 amide bonds. The molecule has 2 aliphatic rings.